The van der Waals surface area contributed by atoms with E-state index >= 15 is 0 Å². The number of nitrogens with two attached hydrogens (primary N) is 2. The van der Waals surface area contributed by atoms with Crippen molar-refractivity contribution in [1.82, 2.24) is 19.9 Å². The summed E-state index contributed by atoms with van der Waals surface area (Å²) in [5, 5.41) is 0. The standard InChI is InChI=1S/C24H21N5O3S.C23H19N5O3S/c1-16-5-4-6-18(13-16)28-15-29(24-23(28)26-20-7-2-3-8-21(20)27-24)33(31,32)19-11-9-17(10-12-19)14-22(25)30;24-21(29)14-16-10-12-18(13-11-16)32(30,31)28-15-27(17-6-2-1-3-7-17)22-23(28)26-20-9-5-4-8-19(20)25-22/h2-13H,14-15H2,1H3,(H2,25,30);1-13H,14-15H2,(H2,24,29). The first-order valence-electron chi connectivity index (χ1n) is 20.3. The Morgan fingerprint density at radius 2 is 0.846 bits per heavy atom. The predicted octanol–water partition coefficient (Wildman–Crippen LogP) is 6.23. The van der Waals surface area contributed by atoms with Crippen LogP contribution in [0.5, 0.6) is 0 Å². The zero-order valence-corrected chi connectivity index (χ0v) is 36.4. The number of aryl methyl sites for hydroxylation is 1. The molecule has 0 aliphatic carbocycles. The second kappa shape index (κ2) is 17.0. The molecule has 6 aromatic carbocycles. The predicted molar refractivity (Wildman–Crippen MR) is 249 cm³/mol. The van der Waals surface area contributed by atoms with Crippen molar-refractivity contribution in [2.24, 2.45) is 11.5 Å². The van der Waals surface area contributed by atoms with Crippen molar-refractivity contribution >= 4 is 88.6 Å². The Hall–Kier alpha value is -7.96. The van der Waals surface area contributed by atoms with E-state index in [4.69, 9.17) is 21.4 Å². The van der Waals surface area contributed by atoms with E-state index in [1.54, 1.807) is 36.4 Å². The Morgan fingerprint density at radius 3 is 1.25 bits per heavy atom. The maximum absolute atomic E-state index is 13.7. The maximum atomic E-state index is 13.7. The number of sulfonamides is 2. The van der Waals surface area contributed by atoms with E-state index < -0.39 is 31.9 Å². The van der Waals surface area contributed by atoms with Gasteiger partial charge in [0.05, 0.1) is 44.7 Å². The van der Waals surface area contributed by atoms with Gasteiger partial charge in [-0.1, -0.05) is 78.9 Å². The van der Waals surface area contributed by atoms with Gasteiger partial charge in [-0.05, 0) is 96.4 Å². The van der Waals surface area contributed by atoms with Gasteiger partial charge in [0, 0.05) is 11.4 Å². The highest BCUT2D eigenvalue weighted by molar-refractivity contribution is 7.93. The molecule has 0 spiro atoms. The van der Waals surface area contributed by atoms with Crippen molar-refractivity contribution in [3.63, 3.8) is 0 Å². The minimum absolute atomic E-state index is 0.0421. The Morgan fingerprint density at radius 1 is 0.477 bits per heavy atom. The lowest BCUT2D eigenvalue weighted by Crippen LogP contribution is -2.34. The monoisotopic (exact) mass is 904 g/mol. The van der Waals surface area contributed by atoms with Gasteiger partial charge in [-0.15, -0.1) is 0 Å². The summed E-state index contributed by atoms with van der Waals surface area (Å²) in [7, 11) is -7.88. The van der Waals surface area contributed by atoms with Crippen molar-refractivity contribution in [2.75, 3.05) is 31.7 Å². The van der Waals surface area contributed by atoms with Gasteiger partial charge < -0.3 is 21.3 Å². The number of para-hydroxylation sites is 5. The normalized spacial score (nSPS) is 13.4. The Balaban J connectivity index is 0.000000164. The zero-order valence-electron chi connectivity index (χ0n) is 34.8. The van der Waals surface area contributed by atoms with E-state index in [0.717, 1.165) is 16.9 Å². The van der Waals surface area contributed by atoms with Gasteiger partial charge in [-0.2, -0.15) is 0 Å². The molecule has 4 heterocycles. The van der Waals surface area contributed by atoms with Crippen LogP contribution in [0.2, 0.25) is 0 Å². The number of hydrogen-bond acceptors (Lipinski definition) is 12. The van der Waals surface area contributed by atoms with Crippen LogP contribution in [0.15, 0.2) is 161 Å². The number of hydrogen-bond donors (Lipinski definition) is 2. The van der Waals surface area contributed by atoms with Crippen molar-refractivity contribution in [3.05, 3.63) is 168 Å². The average Bonchev–Trinajstić information content (AvgIpc) is 3.87. The quantitative estimate of drug-likeness (QED) is 0.156. The van der Waals surface area contributed by atoms with Crippen LogP contribution in [-0.2, 0) is 42.5 Å². The summed E-state index contributed by atoms with van der Waals surface area (Å²) in [6.07, 6.45) is 0.0948. The highest BCUT2D eigenvalue weighted by Crippen LogP contribution is 2.43. The summed E-state index contributed by atoms with van der Waals surface area (Å²) < 4.78 is 57.0. The summed E-state index contributed by atoms with van der Waals surface area (Å²) in [5.41, 5.74) is 17.0. The smallest absolute Gasteiger partial charge is 0.267 e. The Kier molecular flexibility index (Phi) is 11.1. The third-order valence-electron chi connectivity index (χ3n) is 10.8. The third-order valence-corrected chi connectivity index (χ3v) is 14.2. The molecule has 4 N–H and O–H groups in total. The minimum atomic E-state index is -3.94. The van der Waals surface area contributed by atoms with Gasteiger partial charge in [0.25, 0.3) is 20.0 Å². The molecule has 10 rings (SSSR count). The summed E-state index contributed by atoms with van der Waals surface area (Å²) in [5.74, 6) is 0.548. The average molecular weight is 905 g/mol. The largest absolute Gasteiger partial charge is 0.369 e. The summed E-state index contributed by atoms with van der Waals surface area (Å²) in [4.78, 5) is 45.0. The van der Waals surface area contributed by atoms with E-state index in [2.05, 4.69) is 9.97 Å². The van der Waals surface area contributed by atoms with Gasteiger partial charge in [0.2, 0.25) is 11.8 Å². The lowest BCUT2D eigenvalue weighted by atomic mass is 10.1. The van der Waals surface area contributed by atoms with E-state index in [1.807, 2.05) is 108 Å². The molecule has 0 unspecified atom stereocenters. The molecule has 2 aliphatic heterocycles. The SMILES string of the molecule is Cc1cccc(N2CN(S(=O)(=O)c3ccc(CC(N)=O)cc3)c3nc4ccccc4nc32)c1.NC(=O)Cc1ccc(S(=O)(=O)N2CN(c3ccccc3)c3nc4ccccc4nc32)cc1. The number of anilines is 6. The lowest BCUT2D eigenvalue weighted by Gasteiger charge is -2.21. The lowest BCUT2D eigenvalue weighted by molar-refractivity contribution is -0.118. The van der Waals surface area contributed by atoms with Gasteiger partial charge in [-0.3, -0.25) is 9.59 Å². The summed E-state index contributed by atoms with van der Waals surface area (Å²) >= 11 is 0. The number of fused-ring (bicyclic) bond motifs is 4. The molecule has 0 fully saturated rings. The molecular weight excluding hydrogens is 865 g/mol. The van der Waals surface area contributed by atoms with E-state index in [0.29, 0.717) is 44.8 Å². The van der Waals surface area contributed by atoms with Crippen molar-refractivity contribution in [2.45, 2.75) is 29.6 Å². The van der Waals surface area contributed by atoms with Crippen LogP contribution in [-0.4, -0.2) is 61.9 Å². The first-order chi connectivity index (χ1) is 31.3. The molecule has 0 atom stereocenters. The number of benzene rings is 6. The summed E-state index contributed by atoms with van der Waals surface area (Å²) in [6.45, 7) is 2.07. The van der Waals surface area contributed by atoms with Crippen LogP contribution < -0.4 is 29.9 Å². The molecule has 0 radical (unpaired) electrons. The summed E-state index contributed by atoms with van der Waals surface area (Å²) in [6, 6.07) is 44.3. The van der Waals surface area contributed by atoms with Crippen LogP contribution in [0.25, 0.3) is 22.1 Å². The number of rotatable bonds is 10. The van der Waals surface area contributed by atoms with E-state index in [-0.39, 0.29) is 47.6 Å². The molecule has 326 valence electrons. The fraction of sp³-hybridized carbons (Fsp3) is 0.106. The molecule has 65 heavy (non-hydrogen) atoms. The number of nitrogens with zero attached hydrogens (tertiary/aromatic N) is 8. The second-order valence-electron chi connectivity index (χ2n) is 15.3. The fourth-order valence-electron chi connectivity index (χ4n) is 7.59. The molecule has 0 saturated heterocycles. The molecule has 18 heteroatoms. The van der Waals surface area contributed by atoms with Gasteiger partial charge in [0.15, 0.2) is 23.3 Å². The molecule has 2 aliphatic rings. The highest BCUT2D eigenvalue weighted by atomic mass is 32.2. The Bertz CT molecular complexity index is 3360. The van der Waals surface area contributed by atoms with Crippen molar-refractivity contribution in [3.8, 4) is 0 Å². The van der Waals surface area contributed by atoms with Gasteiger partial charge in [-0.25, -0.2) is 45.4 Å². The molecule has 0 saturated carbocycles. The first-order valence-corrected chi connectivity index (χ1v) is 23.1. The molecule has 0 bridgehead atoms. The molecule has 16 nitrogen and oxygen atoms in total. The topological polar surface area (TPSA) is 219 Å². The van der Waals surface area contributed by atoms with Crippen molar-refractivity contribution < 1.29 is 26.4 Å². The second-order valence-corrected chi connectivity index (χ2v) is 19.0. The maximum Gasteiger partial charge on any atom is 0.267 e. The van der Waals surface area contributed by atoms with E-state index in [1.165, 1.54) is 32.9 Å². The zero-order chi connectivity index (χ0) is 45.5. The number of carbonyl (C=O) groups is 2. The van der Waals surface area contributed by atoms with Crippen LogP contribution in [0.1, 0.15) is 16.7 Å². The van der Waals surface area contributed by atoms with Crippen LogP contribution >= 0.6 is 0 Å². The number of amides is 2. The van der Waals surface area contributed by atoms with Gasteiger partial charge >= 0.3 is 0 Å². The highest BCUT2D eigenvalue weighted by Gasteiger charge is 2.40. The fourth-order valence-corrected chi connectivity index (χ4v) is 10.3. The van der Waals surface area contributed by atoms with Crippen LogP contribution in [0.4, 0.5) is 34.6 Å². The third kappa shape index (κ3) is 8.34. The van der Waals surface area contributed by atoms with Crippen LogP contribution in [0.3, 0.4) is 0 Å². The molecule has 2 aromatic heterocycles. The minimum Gasteiger partial charge on any atom is -0.369 e. The molecular formula is C47H40N10O6S2. The van der Waals surface area contributed by atoms with Gasteiger partial charge in [0.1, 0.15) is 13.3 Å². The molecule has 2 amide bonds. The number of aromatic nitrogens is 4. The Labute approximate surface area is 374 Å². The first kappa shape index (κ1) is 42.3. The van der Waals surface area contributed by atoms with Crippen LogP contribution in [0, 0.1) is 6.92 Å². The number of primary amides is 2. The molecule has 8 aromatic rings. The van der Waals surface area contributed by atoms with E-state index in [9.17, 15) is 26.4 Å². The number of carbonyl (C=O) groups excluding carboxylic acids is 2. The van der Waals surface area contributed by atoms with Crippen molar-refractivity contribution in [1.29, 1.82) is 0 Å².